The van der Waals surface area contributed by atoms with Gasteiger partial charge in [0, 0.05) is 19.3 Å². The number of halogens is 1. The van der Waals surface area contributed by atoms with Crippen molar-refractivity contribution in [3.63, 3.8) is 0 Å². The number of hydrogen-bond donors (Lipinski definition) is 1. The van der Waals surface area contributed by atoms with Crippen LogP contribution < -0.4 is 10.5 Å². The van der Waals surface area contributed by atoms with E-state index >= 15 is 0 Å². The van der Waals surface area contributed by atoms with Crippen LogP contribution in [-0.2, 0) is 11.3 Å². The minimum Gasteiger partial charge on any atom is -0.471 e. The van der Waals surface area contributed by atoms with Crippen LogP contribution in [0.3, 0.4) is 0 Å². The molecular weight excluding hydrogens is 228 g/mol. The minimum atomic E-state index is -0.0753. The van der Waals surface area contributed by atoms with E-state index in [1.165, 1.54) is 0 Å². The zero-order valence-electron chi connectivity index (χ0n) is 9.57. The molecule has 0 aliphatic carbocycles. The first-order valence-corrected chi connectivity index (χ1v) is 5.64. The molecule has 0 spiro atoms. The predicted octanol–water partition coefficient (Wildman–Crippen LogP) is 2.00. The molecule has 1 rings (SSSR count). The van der Waals surface area contributed by atoms with Gasteiger partial charge in [-0.25, -0.2) is 4.98 Å². The second-order valence-electron chi connectivity index (χ2n) is 3.42. The molecule has 0 bridgehead atoms. The lowest BCUT2D eigenvalue weighted by atomic mass is 10.3. The summed E-state index contributed by atoms with van der Waals surface area (Å²) in [6, 6.07) is 1.76. The maximum absolute atomic E-state index is 6.00. The quantitative estimate of drug-likeness (QED) is 0.832. The van der Waals surface area contributed by atoms with Crippen LogP contribution >= 0.6 is 11.6 Å². The van der Waals surface area contributed by atoms with Crippen LogP contribution in [0.1, 0.15) is 19.4 Å². The highest BCUT2D eigenvalue weighted by atomic mass is 35.5. The van der Waals surface area contributed by atoms with Gasteiger partial charge in [-0.1, -0.05) is 11.6 Å². The van der Waals surface area contributed by atoms with Gasteiger partial charge in [0.2, 0.25) is 5.88 Å². The van der Waals surface area contributed by atoms with Gasteiger partial charge in [-0.3, -0.25) is 0 Å². The molecule has 90 valence electrons. The topological polar surface area (TPSA) is 57.4 Å². The Hall–Kier alpha value is -0.840. The van der Waals surface area contributed by atoms with Crippen LogP contribution in [-0.4, -0.2) is 24.3 Å². The zero-order chi connectivity index (χ0) is 12.0. The third-order valence-corrected chi connectivity index (χ3v) is 2.24. The highest BCUT2D eigenvalue weighted by Gasteiger charge is 2.09. The fourth-order valence-electron chi connectivity index (χ4n) is 1.17. The zero-order valence-corrected chi connectivity index (χ0v) is 10.3. The molecule has 0 aromatic carbocycles. The van der Waals surface area contributed by atoms with Gasteiger partial charge in [-0.05, 0) is 25.5 Å². The predicted molar refractivity (Wildman–Crippen MR) is 63.7 cm³/mol. The van der Waals surface area contributed by atoms with Crippen LogP contribution in [0.2, 0.25) is 5.02 Å². The van der Waals surface area contributed by atoms with Gasteiger partial charge in [0.1, 0.15) is 11.1 Å². The molecule has 1 atom stereocenters. The molecule has 0 aliphatic rings. The van der Waals surface area contributed by atoms with Crippen LogP contribution in [0, 0.1) is 0 Å². The smallest absolute Gasteiger partial charge is 0.232 e. The van der Waals surface area contributed by atoms with E-state index in [4.69, 9.17) is 26.8 Å². The third-order valence-electron chi connectivity index (χ3n) is 1.97. The first-order valence-electron chi connectivity index (χ1n) is 5.26. The number of nitrogens with two attached hydrogens (primary N) is 1. The summed E-state index contributed by atoms with van der Waals surface area (Å²) in [4.78, 5) is 4.11. The van der Waals surface area contributed by atoms with Gasteiger partial charge < -0.3 is 15.2 Å². The SMILES string of the molecule is CCOCC(C)Oc1ncc(CN)cc1Cl. The Morgan fingerprint density at radius 1 is 1.56 bits per heavy atom. The van der Waals surface area contributed by atoms with E-state index in [1.54, 1.807) is 12.3 Å². The summed E-state index contributed by atoms with van der Waals surface area (Å²) < 4.78 is 10.8. The van der Waals surface area contributed by atoms with E-state index in [0.717, 1.165) is 5.56 Å². The van der Waals surface area contributed by atoms with Crippen molar-refractivity contribution in [1.29, 1.82) is 0 Å². The van der Waals surface area contributed by atoms with Crippen molar-refractivity contribution in [3.05, 3.63) is 22.8 Å². The van der Waals surface area contributed by atoms with Crippen molar-refractivity contribution in [2.45, 2.75) is 26.5 Å². The number of aromatic nitrogens is 1. The summed E-state index contributed by atoms with van der Waals surface area (Å²) in [5, 5.41) is 0.478. The largest absolute Gasteiger partial charge is 0.471 e. The standard InChI is InChI=1S/C11H17ClN2O2/c1-3-15-7-8(2)16-11-10(12)4-9(5-13)6-14-11/h4,6,8H,3,5,7,13H2,1-2H3. The molecule has 0 saturated heterocycles. The Bertz CT molecular complexity index is 334. The summed E-state index contributed by atoms with van der Waals surface area (Å²) >= 11 is 6.00. The number of ether oxygens (including phenoxy) is 2. The molecular formula is C11H17ClN2O2. The molecule has 0 saturated carbocycles. The van der Waals surface area contributed by atoms with Gasteiger partial charge >= 0.3 is 0 Å². The van der Waals surface area contributed by atoms with E-state index in [2.05, 4.69) is 4.98 Å². The molecule has 1 unspecified atom stereocenters. The van der Waals surface area contributed by atoms with Crippen LogP contribution in [0.5, 0.6) is 5.88 Å². The average molecular weight is 245 g/mol. The van der Waals surface area contributed by atoms with Crippen LogP contribution in [0.25, 0.3) is 0 Å². The van der Waals surface area contributed by atoms with Crippen LogP contribution in [0.4, 0.5) is 0 Å². The monoisotopic (exact) mass is 244 g/mol. The van der Waals surface area contributed by atoms with Crippen LogP contribution in [0.15, 0.2) is 12.3 Å². The van der Waals surface area contributed by atoms with Crippen molar-refractivity contribution < 1.29 is 9.47 Å². The fraction of sp³-hybridized carbons (Fsp3) is 0.545. The lowest BCUT2D eigenvalue weighted by Crippen LogP contribution is -2.19. The maximum atomic E-state index is 6.00. The molecule has 1 aromatic rings. The lowest BCUT2D eigenvalue weighted by Gasteiger charge is -2.14. The molecule has 1 aromatic heterocycles. The fourth-order valence-corrected chi connectivity index (χ4v) is 1.41. The highest BCUT2D eigenvalue weighted by Crippen LogP contribution is 2.23. The Morgan fingerprint density at radius 3 is 2.88 bits per heavy atom. The molecule has 0 fully saturated rings. The summed E-state index contributed by atoms with van der Waals surface area (Å²) in [7, 11) is 0. The van der Waals surface area contributed by atoms with Gasteiger partial charge in [0.15, 0.2) is 0 Å². The minimum absolute atomic E-state index is 0.0753. The molecule has 16 heavy (non-hydrogen) atoms. The van der Waals surface area contributed by atoms with Gasteiger partial charge in [0.25, 0.3) is 0 Å². The Balaban J connectivity index is 2.59. The van der Waals surface area contributed by atoms with Crippen molar-refractivity contribution in [3.8, 4) is 5.88 Å². The Morgan fingerprint density at radius 2 is 2.31 bits per heavy atom. The van der Waals surface area contributed by atoms with E-state index in [0.29, 0.717) is 30.7 Å². The van der Waals surface area contributed by atoms with Crippen molar-refractivity contribution >= 4 is 11.6 Å². The van der Waals surface area contributed by atoms with E-state index < -0.39 is 0 Å². The van der Waals surface area contributed by atoms with E-state index in [9.17, 15) is 0 Å². The highest BCUT2D eigenvalue weighted by molar-refractivity contribution is 6.31. The maximum Gasteiger partial charge on any atom is 0.232 e. The Labute approximate surface area is 101 Å². The molecule has 4 nitrogen and oxygen atoms in total. The molecule has 2 N–H and O–H groups in total. The summed E-state index contributed by atoms with van der Waals surface area (Å²) in [5.74, 6) is 0.422. The summed E-state index contributed by atoms with van der Waals surface area (Å²) in [6.07, 6.45) is 1.59. The summed E-state index contributed by atoms with van der Waals surface area (Å²) in [5.41, 5.74) is 6.36. The molecule has 0 amide bonds. The van der Waals surface area contributed by atoms with Crippen molar-refractivity contribution in [2.24, 2.45) is 5.73 Å². The molecule has 1 heterocycles. The van der Waals surface area contributed by atoms with E-state index in [-0.39, 0.29) is 6.10 Å². The second kappa shape index (κ2) is 6.68. The Kier molecular flexibility index (Phi) is 5.52. The van der Waals surface area contributed by atoms with Crippen molar-refractivity contribution in [1.82, 2.24) is 4.98 Å². The average Bonchev–Trinajstić information content (AvgIpc) is 2.29. The molecule has 0 aliphatic heterocycles. The van der Waals surface area contributed by atoms with E-state index in [1.807, 2.05) is 13.8 Å². The number of nitrogens with zero attached hydrogens (tertiary/aromatic N) is 1. The first kappa shape index (κ1) is 13.2. The normalized spacial score (nSPS) is 12.5. The van der Waals surface area contributed by atoms with Gasteiger partial charge in [-0.2, -0.15) is 0 Å². The third kappa shape index (κ3) is 3.96. The lowest BCUT2D eigenvalue weighted by molar-refractivity contribution is 0.0634. The number of rotatable bonds is 6. The number of hydrogen-bond acceptors (Lipinski definition) is 4. The summed E-state index contributed by atoms with van der Waals surface area (Å²) in [6.45, 7) is 5.45. The molecule has 0 radical (unpaired) electrons. The van der Waals surface area contributed by atoms with Gasteiger partial charge in [0.05, 0.1) is 6.61 Å². The van der Waals surface area contributed by atoms with Gasteiger partial charge in [-0.15, -0.1) is 0 Å². The number of pyridine rings is 1. The first-order chi connectivity index (χ1) is 7.67. The molecule has 5 heteroatoms. The van der Waals surface area contributed by atoms with Crippen molar-refractivity contribution in [2.75, 3.05) is 13.2 Å². The second-order valence-corrected chi connectivity index (χ2v) is 3.83.